The zero-order valence-corrected chi connectivity index (χ0v) is 11.3. The van der Waals surface area contributed by atoms with Crippen molar-refractivity contribution in [1.29, 1.82) is 0 Å². The minimum atomic E-state index is 0.420. The molecule has 1 atom stereocenters. The van der Waals surface area contributed by atoms with Gasteiger partial charge in [0.2, 0.25) is 0 Å². The van der Waals surface area contributed by atoms with E-state index in [1.165, 1.54) is 32.4 Å². The third-order valence-corrected chi connectivity index (χ3v) is 3.44. The fourth-order valence-corrected chi connectivity index (χ4v) is 2.34. The standard InChI is InChI=1S/C13H20ClN3O/c14-13-6-5-12(16-17-13)10-18-8-2-4-11-3-1-7-15-9-11/h5-6,11,15H,1-4,7-10H2/t11-/m1/s1. The molecule has 0 aliphatic carbocycles. The Balaban J connectivity index is 1.54. The first-order valence-electron chi connectivity index (χ1n) is 6.61. The Morgan fingerprint density at radius 3 is 3.06 bits per heavy atom. The number of nitrogens with one attached hydrogen (secondary N) is 1. The van der Waals surface area contributed by atoms with Crippen molar-refractivity contribution in [2.75, 3.05) is 19.7 Å². The third kappa shape index (κ3) is 4.88. The highest BCUT2D eigenvalue weighted by atomic mass is 35.5. The SMILES string of the molecule is Clc1ccc(COCCC[C@H]2CCCNC2)nn1. The lowest BCUT2D eigenvalue weighted by Gasteiger charge is -2.22. The van der Waals surface area contributed by atoms with Crippen LogP contribution in [0.2, 0.25) is 5.15 Å². The van der Waals surface area contributed by atoms with Crippen LogP contribution in [0, 0.1) is 5.92 Å². The van der Waals surface area contributed by atoms with Crippen molar-refractivity contribution >= 4 is 11.6 Å². The van der Waals surface area contributed by atoms with Crippen molar-refractivity contribution in [2.24, 2.45) is 5.92 Å². The van der Waals surface area contributed by atoms with Crippen molar-refractivity contribution < 1.29 is 4.74 Å². The molecule has 0 spiro atoms. The van der Waals surface area contributed by atoms with E-state index in [2.05, 4.69) is 15.5 Å². The number of hydrogen-bond donors (Lipinski definition) is 1. The van der Waals surface area contributed by atoms with Gasteiger partial charge in [0, 0.05) is 6.61 Å². The smallest absolute Gasteiger partial charge is 0.151 e. The molecule has 1 N–H and O–H groups in total. The van der Waals surface area contributed by atoms with E-state index >= 15 is 0 Å². The monoisotopic (exact) mass is 269 g/mol. The van der Waals surface area contributed by atoms with Crippen LogP contribution >= 0.6 is 11.6 Å². The van der Waals surface area contributed by atoms with E-state index in [1.54, 1.807) is 6.07 Å². The van der Waals surface area contributed by atoms with Gasteiger partial charge in [-0.05, 0) is 56.8 Å². The second kappa shape index (κ2) is 7.67. The summed E-state index contributed by atoms with van der Waals surface area (Å²) in [6, 6.07) is 3.58. The fraction of sp³-hybridized carbons (Fsp3) is 0.692. The average molecular weight is 270 g/mol. The van der Waals surface area contributed by atoms with Crippen LogP contribution in [0.3, 0.4) is 0 Å². The molecule has 100 valence electrons. The summed E-state index contributed by atoms with van der Waals surface area (Å²) in [4.78, 5) is 0. The van der Waals surface area contributed by atoms with E-state index in [0.29, 0.717) is 11.8 Å². The molecule has 0 radical (unpaired) electrons. The maximum Gasteiger partial charge on any atom is 0.151 e. The lowest BCUT2D eigenvalue weighted by atomic mass is 9.95. The molecule has 0 aromatic carbocycles. The first-order valence-corrected chi connectivity index (χ1v) is 6.99. The molecule has 0 saturated carbocycles. The summed E-state index contributed by atoms with van der Waals surface area (Å²) in [5.41, 5.74) is 0.832. The molecule has 1 aliphatic rings. The highest BCUT2D eigenvalue weighted by molar-refractivity contribution is 6.29. The number of halogens is 1. The molecule has 1 fully saturated rings. The minimum Gasteiger partial charge on any atom is -0.375 e. The Morgan fingerprint density at radius 2 is 2.33 bits per heavy atom. The molecule has 18 heavy (non-hydrogen) atoms. The summed E-state index contributed by atoms with van der Waals surface area (Å²) in [5, 5.41) is 11.6. The van der Waals surface area contributed by atoms with Crippen molar-refractivity contribution in [1.82, 2.24) is 15.5 Å². The second-order valence-electron chi connectivity index (χ2n) is 4.75. The van der Waals surface area contributed by atoms with Gasteiger partial charge in [0.1, 0.15) is 0 Å². The Labute approximate surface area is 113 Å². The van der Waals surface area contributed by atoms with E-state index in [9.17, 15) is 0 Å². The summed E-state index contributed by atoms with van der Waals surface area (Å²) in [7, 11) is 0. The van der Waals surface area contributed by atoms with Crippen molar-refractivity contribution in [2.45, 2.75) is 32.3 Å². The lowest BCUT2D eigenvalue weighted by Crippen LogP contribution is -2.29. The number of piperidine rings is 1. The predicted molar refractivity (Wildman–Crippen MR) is 71.5 cm³/mol. The summed E-state index contributed by atoms with van der Waals surface area (Å²) in [6.07, 6.45) is 5.04. The zero-order chi connectivity index (χ0) is 12.6. The summed E-state index contributed by atoms with van der Waals surface area (Å²) in [5.74, 6) is 0.831. The first kappa shape index (κ1) is 13.7. The van der Waals surface area contributed by atoms with Crippen LogP contribution in [0.1, 0.15) is 31.4 Å². The molecule has 0 amide bonds. The lowest BCUT2D eigenvalue weighted by molar-refractivity contribution is 0.109. The summed E-state index contributed by atoms with van der Waals surface area (Å²) in [6.45, 7) is 3.67. The molecular formula is C13H20ClN3O. The molecule has 0 bridgehead atoms. The van der Waals surface area contributed by atoms with Gasteiger partial charge in [-0.2, -0.15) is 5.10 Å². The van der Waals surface area contributed by atoms with E-state index < -0.39 is 0 Å². The molecule has 1 aromatic heterocycles. The van der Waals surface area contributed by atoms with Crippen LogP contribution in [0.5, 0.6) is 0 Å². The molecule has 2 heterocycles. The summed E-state index contributed by atoms with van der Waals surface area (Å²) < 4.78 is 5.58. The quantitative estimate of drug-likeness (QED) is 0.806. The van der Waals surface area contributed by atoms with Crippen molar-refractivity contribution in [3.8, 4) is 0 Å². The molecule has 2 rings (SSSR count). The van der Waals surface area contributed by atoms with E-state index in [0.717, 1.165) is 24.6 Å². The Bertz CT molecular complexity index is 339. The van der Waals surface area contributed by atoms with Gasteiger partial charge in [-0.15, -0.1) is 5.10 Å². The molecule has 1 aliphatic heterocycles. The van der Waals surface area contributed by atoms with Crippen LogP contribution < -0.4 is 5.32 Å². The van der Waals surface area contributed by atoms with Crippen LogP contribution in [0.4, 0.5) is 0 Å². The van der Waals surface area contributed by atoms with Crippen molar-refractivity contribution in [3.05, 3.63) is 23.0 Å². The minimum absolute atomic E-state index is 0.420. The maximum absolute atomic E-state index is 5.66. The maximum atomic E-state index is 5.66. The first-order chi connectivity index (χ1) is 8.84. The van der Waals surface area contributed by atoms with Crippen molar-refractivity contribution in [3.63, 3.8) is 0 Å². The van der Waals surface area contributed by atoms with Gasteiger partial charge in [0.05, 0.1) is 12.3 Å². The highest BCUT2D eigenvalue weighted by Gasteiger charge is 2.11. The second-order valence-corrected chi connectivity index (χ2v) is 5.14. The Hall–Kier alpha value is -0.710. The Kier molecular flexibility index (Phi) is 5.84. The van der Waals surface area contributed by atoms with Gasteiger partial charge in [-0.25, -0.2) is 0 Å². The predicted octanol–water partition coefficient (Wildman–Crippen LogP) is 2.43. The number of rotatable bonds is 6. The third-order valence-electron chi connectivity index (χ3n) is 3.24. The van der Waals surface area contributed by atoms with Gasteiger partial charge >= 0.3 is 0 Å². The van der Waals surface area contributed by atoms with Gasteiger partial charge in [0.25, 0.3) is 0 Å². The normalized spacial score (nSPS) is 19.9. The van der Waals surface area contributed by atoms with Crippen LogP contribution in [-0.2, 0) is 11.3 Å². The van der Waals surface area contributed by atoms with E-state index in [-0.39, 0.29) is 0 Å². The largest absolute Gasteiger partial charge is 0.375 e. The van der Waals surface area contributed by atoms with Crippen LogP contribution in [-0.4, -0.2) is 29.9 Å². The molecule has 5 heteroatoms. The average Bonchev–Trinajstić information content (AvgIpc) is 2.42. The van der Waals surface area contributed by atoms with E-state index in [4.69, 9.17) is 16.3 Å². The number of nitrogens with zero attached hydrogens (tertiary/aromatic N) is 2. The zero-order valence-electron chi connectivity index (χ0n) is 10.6. The van der Waals surface area contributed by atoms with Gasteiger partial charge < -0.3 is 10.1 Å². The van der Waals surface area contributed by atoms with Gasteiger partial charge in [-0.3, -0.25) is 0 Å². The fourth-order valence-electron chi connectivity index (χ4n) is 2.24. The molecule has 1 aromatic rings. The number of hydrogen-bond acceptors (Lipinski definition) is 4. The molecular weight excluding hydrogens is 250 g/mol. The van der Waals surface area contributed by atoms with Gasteiger partial charge in [0.15, 0.2) is 5.15 Å². The number of aromatic nitrogens is 2. The topological polar surface area (TPSA) is 47.0 Å². The molecule has 4 nitrogen and oxygen atoms in total. The van der Waals surface area contributed by atoms with E-state index in [1.807, 2.05) is 6.07 Å². The van der Waals surface area contributed by atoms with Crippen LogP contribution in [0.25, 0.3) is 0 Å². The molecule has 1 saturated heterocycles. The summed E-state index contributed by atoms with van der Waals surface area (Å²) >= 11 is 5.66. The number of ether oxygens (including phenoxy) is 1. The van der Waals surface area contributed by atoms with Crippen LogP contribution in [0.15, 0.2) is 12.1 Å². The highest BCUT2D eigenvalue weighted by Crippen LogP contribution is 2.15. The van der Waals surface area contributed by atoms with Gasteiger partial charge in [-0.1, -0.05) is 11.6 Å². The Morgan fingerprint density at radius 1 is 1.39 bits per heavy atom. The molecule has 0 unspecified atom stereocenters.